The van der Waals surface area contributed by atoms with Gasteiger partial charge in [0.05, 0.1) is 5.56 Å². The van der Waals surface area contributed by atoms with Crippen molar-refractivity contribution in [2.24, 2.45) is 0 Å². The average Bonchev–Trinajstić information content (AvgIpc) is 3.25. The molecule has 0 amide bonds. The molecule has 1 fully saturated rings. The van der Waals surface area contributed by atoms with Crippen molar-refractivity contribution in [1.29, 1.82) is 0 Å². The molecule has 0 N–H and O–H groups in total. The zero-order valence-electron chi connectivity index (χ0n) is 18.1. The summed E-state index contributed by atoms with van der Waals surface area (Å²) in [6, 6.07) is 24.9. The van der Waals surface area contributed by atoms with E-state index in [9.17, 15) is 4.79 Å². The van der Waals surface area contributed by atoms with Crippen LogP contribution in [-0.4, -0.2) is 36.9 Å². The Morgan fingerprint density at radius 1 is 0.844 bits per heavy atom. The Kier molecular flexibility index (Phi) is 6.04. The second-order valence-electron chi connectivity index (χ2n) is 8.27. The molecule has 1 saturated heterocycles. The Hall–Kier alpha value is -3.37. The van der Waals surface area contributed by atoms with Gasteiger partial charge in [-0.15, -0.1) is 0 Å². The molecule has 1 aliphatic heterocycles. The highest BCUT2D eigenvalue weighted by Crippen LogP contribution is 2.35. The van der Waals surface area contributed by atoms with Gasteiger partial charge in [0.25, 0.3) is 0 Å². The van der Waals surface area contributed by atoms with Gasteiger partial charge in [-0.1, -0.05) is 55.0 Å². The van der Waals surface area contributed by atoms with Crippen molar-refractivity contribution in [2.45, 2.75) is 19.3 Å². The van der Waals surface area contributed by atoms with E-state index in [1.54, 1.807) is 0 Å². The Bertz CT molecular complexity index is 1190. The van der Waals surface area contributed by atoms with Gasteiger partial charge >= 0.3 is 0 Å². The molecule has 162 valence electrons. The van der Waals surface area contributed by atoms with E-state index >= 15 is 0 Å². The van der Waals surface area contributed by atoms with E-state index in [0.717, 1.165) is 23.2 Å². The van der Waals surface area contributed by atoms with Gasteiger partial charge in [-0.3, -0.25) is 9.69 Å². The second-order valence-corrected chi connectivity index (χ2v) is 8.27. The highest BCUT2D eigenvalue weighted by Gasteiger charge is 2.23. The number of piperidine rings is 1. The number of fused-ring (bicyclic) bond motifs is 1. The molecule has 5 rings (SSSR count). The molecule has 2 heterocycles. The third kappa shape index (κ3) is 4.32. The number of hydrogen-bond acceptors (Lipinski definition) is 4. The van der Waals surface area contributed by atoms with E-state index in [-0.39, 0.29) is 5.78 Å². The minimum absolute atomic E-state index is 0.0348. The minimum Gasteiger partial charge on any atom is -0.492 e. The Labute approximate surface area is 188 Å². The lowest BCUT2D eigenvalue weighted by atomic mass is 9.97. The molecule has 0 atom stereocenters. The molecule has 1 aromatic heterocycles. The van der Waals surface area contributed by atoms with Crippen molar-refractivity contribution < 1.29 is 13.9 Å². The van der Waals surface area contributed by atoms with Gasteiger partial charge in [0.15, 0.2) is 5.78 Å². The molecule has 0 spiro atoms. The van der Waals surface area contributed by atoms with E-state index in [1.807, 2.05) is 78.9 Å². The molecular weight excluding hydrogens is 398 g/mol. The first kappa shape index (κ1) is 20.5. The largest absolute Gasteiger partial charge is 0.492 e. The number of hydrogen-bond donors (Lipinski definition) is 0. The molecule has 0 bridgehead atoms. The maximum atomic E-state index is 13.4. The standard InChI is InChI=1S/C28H27NO3/c30-27(21-9-3-1-4-10-21)26-24-11-5-6-12-25(24)32-28(26)22-13-15-23(16-14-22)31-20-19-29-17-7-2-8-18-29/h1,3-6,9-16H,2,7-8,17-20H2. The molecule has 4 nitrogen and oxygen atoms in total. The lowest BCUT2D eigenvalue weighted by molar-refractivity contribution is 0.104. The number of ketones is 1. The number of nitrogens with zero attached hydrogens (tertiary/aromatic N) is 1. The van der Waals surface area contributed by atoms with Crippen LogP contribution in [0.15, 0.2) is 83.3 Å². The van der Waals surface area contributed by atoms with Gasteiger partial charge in [-0.2, -0.15) is 0 Å². The summed E-state index contributed by atoms with van der Waals surface area (Å²) in [6.45, 7) is 3.99. The molecular formula is C28H27NO3. The normalized spacial score (nSPS) is 14.5. The van der Waals surface area contributed by atoms with Crippen molar-refractivity contribution in [3.63, 3.8) is 0 Å². The lowest BCUT2D eigenvalue weighted by Crippen LogP contribution is -2.33. The van der Waals surface area contributed by atoms with Gasteiger partial charge in [0.2, 0.25) is 0 Å². The SMILES string of the molecule is O=C(c1ccccc1)c1c(-c2ccc(OCCN3CCCCC3)cc2)oc2ccccc12. The first-order valence-corrected chi connectivity index (χ1v) is 11.4. The first-order chi connectivity index (χ1) is 15.8. The number of ether oxygens (including phenoxy) is 1. The number of likely N-dealkylation sites (tertiary alicyclic amines) is 1. The van der Waals surface area contributed by atoms with Gasteiger partial charge in [0.1, 0.15) is 23.7 Å². The van der Waals surface area contributed by atoms with Crippen molar-refractivity contribution in [2.75, 3.05) is 26.2 Å². The summed E-state index contributed by atoms with van der Waals surface area (Å²) in [5.41, 5.74) is 2.83. The van der Waals surface area contributed by atoms with Crippen LogP contribution in [0.4, 0.5) is 0 Å². The fraction of sp³-hybridized carbons (Fsp3) is 0.250. The van der Waals surface area contributed by atoms with Crippen LogP contribution in [-0.2, 0) is 0 Å². The van der Waals surface area contributed by atoms with Crippen LogP contribution in [0.5, 0.6) is 5.75 Å². The zero-order chi connectivity index (χ0) is 21.8. The Morgan fingerprint density at radius 3 is 2.34 bits per heavy atom. The minimum atomic E-state index is -0.0348. The zero-order valence-corrected chi connectivity index (χ0v) is 18.1. The van der Waals surface area contributed by atoms with Gasteiger partial charge in [-0.25, -0.2) is 0 Å². The predicted molar refractivity (Wildman–Crippen MR) is 127 cm³/mol. The number of para-hydroxylation sites is 1. The van der Waals surface area contributed by atoms with E-state index in [0.29, 0.717) is 29.1 Å². The van der Waals surface area contributed by atoms with E-state index in [1.165, 1.54) is 32.4 Å². The van der Waals surface area contributed by atoms with E-state index < -0.39 is 0 Å². The van der Waals surface area contributed by atoms with Crippen LogP contribution < -0.4 is 4.74 Å². The fourth-order valence-corrected chi connectivity index (χ4v) is 4.39. The van der Waals surface area contributed by atoms with Gasteiger partial charge in [0, 0.05) is 23.1 Å². The van der Waals surface area contributed by atoms with Crippen LogP contribution >= 0.6 is 0 Å². The summed E-state index contributed by atoms with van der Waals surface area (Å²) in [5, 5.41) is 0.832. The molecule has 0 radical (unpaired) electrons. The Balaban J connectivity index is 1.39. The monoisotopic (exact) mass is 425 g/mol. The number of benzene rings is 3. The van der Waals surface area contributed by atoms with Crippen molar-refractivity contribution in [1.82, 2.24) is 4.90 Å². The molecule has 32 heavy (non-hydrogen) atoms. The van der Waals surface area contributed by atoms with Crippen LogP contribution in [0.2, 0.25) is 0 Å². The number of carbonyl (C=O) groups is 1. The molecule has 0 aliphatic carbocycles. The van der Waals surface area contributed by atoms with Gasteiger partial charge < -0.3 is 9.15 Å². The maximum absolute atomic E-state index is 13.4. The fourth-order valence-electron chi connectivity index (χ4n) is 4.39. The van der Waals surface area contributed by atoms with Gasteiger partial charge in [-0.05, 0) is 56.3 Å². The third-order valence-corrected chi connectivity index (χ3v) is 6.10. The number of rotatable bonds is 7. The lowest BCUT2D eigenvalue weighted by Gasteiger charge is -2.26. The van der Waals surface area contributed by atoms with Crippen LogP contribution in [0.3, 0.4) is 0 Å². The summed E-state index contributed by atoms with van der Waals surface area (Å²) >= 11 is 0. The summed E-state index contributed by atoms with van der Waals surface area (Å²) in [7, 11) is 0. The molecule has 0 saturated carbocycles. The Morgan fingerprint density at radius 2 is 1.56 bits per heavy atom. The maximum Gasteiger partial charge on any atom is 0.197 e. The smallest absolute Gasteiger partial charge is 0.197 e. The van der Waals surface area contributed by atoms with Crippen molar-refractivity contribution in [3.05, 3.63) is 90.0 Å². The van der Waals surface area contributed by atoms with E-state index in [4.69, 9.17) is 9.15 Å². The van der Waals surface area contributed by atoms with Crippen LogP contribution in [0.25, 0.3) is 22.3 Å². The topological polar surface area (TPSA) is 42.7 Å². The molecule has 3 aromatic carbocycles. The first-order valence-electron chi connectivity index (χ1n) is 11.4. The summed E-state index contributed by atoms with van der Waals surface area (Å²) in [4.78, 5) is 15.9. The quantitative estimate of drug-likeness (QED) is 0.331. The summed E-state index contributed by atoms with van der Waals surface area (Å²) in [6.07, 6.45) is 3.92. The molecule has 0 unspecified atom stereocenters. The van der Waals surface area contributed by atoms with E-state index in [2.05, 4.69) is 4.90 Å². The molecule has 4 aromatic rings. The van der Waals surface area contributed by atoms with Crippen molar-refractivity contribution >= 4 is 16.8 Å². The molecule has 1 aliphatic rings. The average molecular weight is 426 g/mol. The second kappa shape index (κ2) is 9.41. The highest BCUT2D eigenvalue weighted by atomic mass is 16.5. The van der Waals surface area contributed by atoms with Crippen molar-refractivity contribution in [3.8, 4) is 17.1 Å². The summed E-state index contributed by atoms with van der Waals surface area (Å²) < 4.78 is 12.1. The third-order valence-electron chi connectivity index (χ3n) is 6.10. The predicted octanol–water partition coefficient (Wildman–Crippen LogP) is 6.20. The van der Waals surface area contributed by atoms with Crippen LogP contribution in [0.1, 0.15) is 35.2 Å². The number of furan rings is 1. The highest BCUT2D eigenvalue weighted by molar-refractivity contribution is 6.19. The van der Waals surface area contributed by atoms with Crippen LogP contribution in [0, 0.1) is 0 Å². The summed E-state index contributed by atoms with van der Waals surface area (Å²) in [5.74, 6) is 1.39. The molecule has 4 heteroatoms. The number of carbonyl (C=O) groups excluding carboxylic acids is 1.